The van der Waals surface area contributed by atoms with Crippen molar-refractivity contribution in [2.45, 2.75) is 26.7 Å². The molecule has 0 atom stereocenters. The number of allylic oxidation sites excluding steroid dienone is 1. The Labute approximate surface area is 127 Å². The van der Waals surface area contributed by atoms with Crippen LogP contribution in [0.25, 0.3) is 0 Å². The lowest BCUT2D eigenvalue weighted by Crippen LogP contribution is -2.20. The maximum atomic E-state index is 13.4. The van der Waals surface area contributed by atoms with Crippen LogP contribution in [-0.2, 0) is 4.79 Å². The zero-order valence-corrected chi connectivity index (χ0v) is 12.8. The lowest BCUT2D eigenvalue weighted by molar-refractivity contribution is -0.112. The number of nitrogens with two attached hydrogens (primary N) is 2. The molecule has 0 radical (unpaired) electrons. The van der Waals surface area contributed by atoms with Crippen molar-refractivity contribution in [3.63, 3.8) is 0 Å². The van der Waals surface area contributed by atoms with E-state index in [1.165, 1.54) is 6.07 Å². The SMILES string of the molecule is CC.NS/C(C(=O)Nc1c(F)cccc1F)=C(\N)C1CC1. The fourth-order valence-corrected chi connectivity index (χ4v) is 2.08. The molecule has 0 aromatic heterocycles. The second kappa shape index (κ2) is 7.99. The number of nitrogens with one attached hydrogen (secondary N) is 1. The van der Waals surface area contributed by atoms with Gasteiger partial charge in [-0.3, -0.25) is 9.93 Å². The minimum Gasteiger partial charge on any atom is -0.401 e. The fraction of sp³-hybridized carbons (Fsp3) is 0.357. The molecule has 1 fully saturated rings. The molecule has 0 bridgehead atoms. The molecule has 5 N–H and O–H groups in total. The predicted molar refractivity (Wildman–Crippen MR) is 82.1 cm³/mol. The first-order valence-electron chi connectivity index (χ1n) is 6.66. The van der Waals surface area contributed by atoms with Crippen LogP contribution >= 0.6 is 11.9 Å². The van der Waals surface area contributed by atoms with Crippen molar-refractivity contribution in [1.82, 2.24) is 0 Å². The van der Waals surface area contributed by atoms with Crippen molar-refractivity contribution in [2.75, 3.05) is 5.32 Å². The Morgan fingerprint density at radius 3 is 2.24 bits per heavy atom. The fourth-order valence-electron chi connectivity index (χ4n) is 1.62. The number of anilines is 1. The molecule has 1 aromatic carbocycles. The van der Waals surface area contributed by atoms with Crippen LogP contribution in [0.3, 0.4) is 0 Å². The Hall–Kier alpha value is -1.60. The van der Waals surface area contributed by atoms with Crippen LogP contribution in [0.5, 0.6) is 0 Å². The summed E-state index contributed by atoms with van der Waals surface area (Å²) < 4.78 is 26.8. The van der Waals surface area contributed by atoms with Gasteiger partial charge in [0.25, 0.3) is 5.91 Å². The minimum absolute atomic E-state index is 0.102. The smallest absolute Gasteiger partial charge is 0.265 e. The second-order valence-electron chi connectivity index (χ2n) is 4.23. The Morgan fingerprint density at radius 2 is 1.81 bits per heavy atom. The van der Waals surface area contributed by atoms with Crippen LogP contribution in [0, 0.1) is 17.6 Å². The van der Waals surface area contributed by atoms with E-state index in [-0.39, 0.29) is 10.8 Å². The van der Waals surface area contributed by atoms with Gasteiger partial charge in [0.1, 0.15) is 22.2 Å². The highest BCUT2D eigenvalue weighted by molar-refractivity contribution is 8.01. The molecule has 0 unspecified atom stereocenters. The highest BCUT2D eigenvalue weighted by Gasteiger charge is 2.29. The average molecular weight is 315 g/mol. The molecule has 1 aliphatic carbocycles. The number of carbonyl (C=O) groups is 1. The first kappa shape index (κ1) is 17.5. The summed E-state index contributed by atoms with van der Waals surface area (Å²) >= 11 is 0.683. The molecular weight excluding hydrogens is 296 g/mol. The van der Waals surface area contributed by atoms with E-state index in [0.717, 1.165) is 25.0 Å². The monoisotopic (exact) mass is 315 g/mol. The van der Waals surface area contributed by atoms with Gasteiger partial charge in [0.2, 0.25) is 0 Å². The minimum atomic E-state index is -0.847. The van der Waals surface area contributed by atoms with Crippen LogP contribution in [0.2, 0.25) is 0 Å². The molecule has 0 saturated heterocycles. The normalized spacial score (nSPS) is 14.7. The van der Waals surface area contributed by atoms with Crippen LogP contribution in [0.1, 0.15) is 26.7 Å². The van der Waals surface area contributed by atoms with Gasteiger partial charge in [-0.2, -0.15) is 0 Å². The first-order chi connectivity index (χ1) is 10.0. The number of carbonyl (C=O) groups excluding carboxylic acids is 1. The van der Waals surface area contributed by atoms with E-state index in [1.54, 1.807) is 0 Å². The molecule has 1 aliphatic rings. The molecule has 7 heteroatoms. The highest BCUT2D eigenvalue weighted by atomic mass is 32.2. The summed E-state index contributed by atoms with van der Waals surface area (Å²) in [7, 11) is 0. The summed E-state index contributed by atoms with van der Waals surface area (Å²) in [6.45, 7) is 4.00. The average Bonchev–Trinajstić information content (AvgIpc) is 3.30. The molecule has 0 heterocycles. The Bertz CT molecular complexity index is 525. The van der Waals surface area contributed by atoms with Gasteiger partial charge in [0.05, 0.1) is 0 Å². The molecule has 2 rings (SSSR count). The number of para-hydroxylation sites is 1. The lowest BCUT2D eigenvalue weighted by Gasteiger charge is -2.10. The Morgan fingerprint density at radius 1 is 1.29 bits per heavy atom. The Kier molecular flexibility index (Phi) is 6.64. The van der Waals surface area contributed by atoms with E-state index in [2.05, 4.69) is 5.32 Å². The maximum absolute atomic E-state index is 13.4. The van der Waals surface area contributed by atoms with E-state index < -0.39 is 23.2 Å². The number of hydrogen-bond donors (Lipinski definition) is 3. The highest BCUT2D eigenvalue weighted by Crippen LogP contribution is 2.37. The van der Waals surface area contributed by atoms with Crippen molar-refractivity contribution >= 4 is 23.5 Å². The van der Waals surface area contributed by atoms with Crippen molar-refractivity contribution in [2.24, 2.45) is 16.8 Å². The standard InChI is InChI=1S/C12H13F2N3OS.C2H6/c13-7-2-1-3-8(14)10(7)17-12(18)11(19-16)9(15)6-4-5-6;1-2/h1-3,6H,4-5,15-16H2,(H,17,18);1-2H3/b11-9-;. The first-order valence-corrected chi connectivity index (χ1v) is 7.54. The van der Waals surface area contributed by atoms with Gasteiger partial charge >= 0.3 is 0 Å². The number of benzene rings is 1. The molecule has 1 saturated carbocycles. The summed E-state index contributed by atoms with van der Waals surface area (Å²) in [4.78, 5) is 12.0. The van der Waals surface area contributed by atoms with Gasteiger partial charge < -0.3 is 11.1 Å². The van der Waals surface area contributed by atoms with Gasteiger partial charge in [-0.25, -0.2) is 8.78 Å². The summed E-state index contributed by atoms with van der Waals surface area (Å²) in [5, 5.41) is 7.57. The second-order valence-corrected chi connectivity index (χ2v) is 4.87. The molecule has 4 nitrogen and oxygen atoms in total. The molecular formula is C14H19F2N3OS. The third kappa shape index (κ3) is 4.44. The summed E-state index contributed by atoms with van der Waals surface area (Å²) in [5.41, 5.74) is 5.67. The molecule has 1 aromatic rings. The largest absolute Gasteiger partial charge is 0.401 e. The molecule has 1 amide bonds. The van der Waals surface area contributed by atoms with Gasteiger partial charge in [-0.15, -0.1) is 0 Å². The van der Waals surface area contributed by atoms with Crippen LogP contribution < -0.4 is 16.2 Å². The zero-order chi connectivity index (χ0) is 16.0. The van der Waals surface area contributed by atoms with E-state index >= 15 is 0 Å². The van der Waals surface area contributed by atoms with E-state index in [1.807, 2.05) is 13.8 Å². The maximum Gasteiger partial charge on any atom is 0.265 e. The lowest BCUT2D eigenvalue weighted by atomic mass is 10.2. The number of hydrogen-bond acceptors (Lipinski definition) is 4. The third-order valence-electron chi connectivity index (χ3n) is 2.80. The van der Waals surface area contributed by atoms with Gasteiger partial charge in [-0.05, 0) is 42.8 Å². The van der Waals surface area contributed by atoms with E-state index in [0.29, 0.717) is 17.6 Å². The number of halogens is 2. The van der Waals surface area contributed by atoms with Crippen molar-refractivity contribution in [1.29, 1.82) is 0 Å². The predicted octanol–water partition coefficient (Wildman–Crippen LogP) is 3.12. The topological polar surface area (TPSA) is 81.1 Å². The molecule has 0 spiro atoms. The van der Waals surface area contributed by atoms with Gasteiger partial charge in [0, 0.05) is 5.70 Å². The summed E-state index contributed by atoms with van der Waals surface area (Å²) in [6, 6.07) is 3.33. The molecule has 116 valence electrons. The quantitative estimate of drug-likeness (QED) is 0.589. The summed E-state index contributed by atoms with van der Waals surface area (Å²) in [5.74, 6) is -2.25. The van der Waals surface area contributed by atoms with Crippen molar-refractivity contribution in [3.05, 3.63) is 40.4 Å². The number of rotatable bonds is 4. The Balaban J connectivity index is 0.00000106. The van der Waals surface area contributed by atoms with Gasteiger partial charge in [-0.1, -0.05) is 19.9 Å². The zero-order valence-electron chi connectivity index (χ0n) is 12.0. The van der Waals surface area contributed by atoms with E-state index in [4.69, 9.17) is 10.9 Å². The number of amides is 1. The van der Waals surface area contributed by atoms with Crippen molar-refractivity contribution < 1.29 is 13.6 Å². The molecule has 0 aliphatic heterocycles. The third-order valence-corrected chi connectivity index (χ3v) is 3.46. The molecule has 21 heavy (non-hydrogen) atoms. The summed E-state index contributed by atoms with van der Waals surface area (Å²) in [6.07, 6.45) is 1.80. The van der Waals surface area contributed by atoms with E-state index in [9.17, 15) is 13.6 Å². The van der Waals surface area contributed by atoms with Crippen LogP contribution in [-0.4, -0.2) is 5.91 Å². The van der Waals surface area contributed by atoms with Crippen LogP contribution in [0.4, 0.5) is 14.5 Å². The van der Waals surface area contributed by atoms with Gasteiger partial charge in [0.15, 0.2) is 0 Å². The van der Waals surface area contributed by atoms with Crippen LogP contribution in [0.15, 0.2) is 28.8 Å². The van der Waals surface area contributed by atoms with Crippen molar-refractivity contribution in [3.8, 4) is 0 Å².